The Labute approximate surface area is 155 Å². The van der Waals surface area contributed by atoms with Gasteiger partial charge in [-0.15, -0.1) is 0 Å². The van der Waals surface area contributed by atoms with E-state index in [4.69, 9.17) is 9.47 Å². The number of allylic oxidation sites excluding steroid dienone is 1. The maximum absolute atomic E-state index is 12.6. The summed E-state index contributed by atoms with van der Waals surface area (Å²) in [4.78, 5) is 8.75. The van der Waals surface area contributed by atoms with Gasteiger partial charge < -0.3 is 19.3 Å². The highest BCUT2D eigenvalue weighted by molar-refractivity contribution is 5.69. The molecule has 0 amide bonds. The molecule has 1 atom stereocenters. The molecule has 6 heteroatoms. The summed E-state index contributed by atoms with van der Waals surface area (Å²) in [7, 11) is 1.65. The Morgan fingerprint density at radius 2 is 2.15 bits per heavy atom. The highest BCUT2D eigenvalue weighted by Crippen LogP contribution is 2.31. The first kappa shape index (κ1) is 20.1. The van der Waals surface area contributed by atoms with Gasteiger partial charge in [0, 0.05) is 43.7 Å². The fourth-order valence-corrected chi connectivity index (χ4v) is 3.00. The topological polar surface area (TPSA) is 37.8 Å². The lowest BCUT2D eigenvalue weighted by atomic mass is 10.0. The number of anilines is 1. The first-order chi connectivity index (χ1) is 12.5. The first-order valence-corrected chi connectivity index (χ1v) is 8.81. The summed E-state index contributed by atoms with van der Waals surface area (Å²) < 4.78 is 23.5. The molecular weight excluding hydrogens is 333 g/mol. The van der Waals surface area contributed by atoms with Crippen LogP contribution in [0.25, 0.3) is 5.70 Å². The SMILES string of the molecule is C=C(/C=C/F)N(CC)C(=C)c1cc(N2CCOCC2)cnc1[C@H](C)OC. The molecule has 0 N–H and O–H groups in total. The van der Waals surface area contributed by atoms with Crippen molar-refractivity contribution in [1.29, 1.82) is 0 Å². The average Bonchev–Trinajstić information content (AvgIpc) is 2.68. The molecule has 1 fully saturated rings. The van der Waals surface area contributed by atoms with Crippen molar-refractivity contribution in [3.05, 3.63) is 54.8 Å². The van der Waals surface area contributed by atoms with E-state index >= 15 is 0 Å². The monoisotopic (exact) mass is 361 g/mol. The summed E-state index contributed by atoms with van der Waals surface area (Å²) in [6.07, 6.45) is 3.48. The molecule has 0 spiro atoms. The maximum Gasteiger partial charge on any atom is 0.0969 e. The van der Waals surface area contributed by atoms with Gasteiger partial charge in [-0.2, -0.15) is 0 Å². The van der Waals surface area contributed by atoms with Crippen LogP contribution >= 0.6 is 0 Å². The molecule has 2 rings (SSSR count). The molecule has 0 radical (unpaired) electrons. The zero-order valence-electron chi connectivity index (χ0n) is 15.9. The van der Waals surface area contributed by atoms with Gasteiger partial charge in [-0.1, -0.05) is 13.2 Å². The third kappa shape index (κ3) is 4.51. The number of hydrogen-bond donors (Lipinski definition) is 0. The Kier molecular flexibility index (Phi) is 7.36. The summed E-state index contributed by atoms with van der Waals surface area (Å²) in [5.41, 5.74) is 3.94. The second kappa shape index (κ2) is 9.50. The Morgan fingerprint density at radius 1 is 1.46 bits per heavy atom. The summed E-state index contributed by atoms with van der Waals surface area (Å²) in [6, 6.07) is 2.07. The number of ether oxygens (including phenoxy) is 2. The number of pyridine rings is 1. The van der Waals surface area contributed by atoms with Crippen LogP contribution in [0.3, 0.4) is 0 Å². The van der Waals surface area contributed by atoms with Crippen LogP contribution in [0.4, 0.5) is 10.1 Å². The lowest BCUT2D eigenvalue weighted by Gasteiger charge is -2.31. The lowest BCUT2D eigenvalue weighted by Crippen LogP contribution is -2.36. The molecule has 5 nitrogen and oxygen atoms in total. The Hall–Kier alpha value is -2.18. The van der Waals surface area contributed by atoms with E-state index < -0.39 is 0 Å². The van der Waals surface area contributed by atoms with E-state index in [9.17, 15) is 4.39 Å². The second-order valence-corrected chi connectivity index (χ2v) is 6.08. The average molecular weight is 361 g/mol. The quantitative estimate of drug-likeness (QED) is 0.656. The minimum Gasteiger partial charge on any atom is -0.378 e. The normalized spacial score (nSPS) is 15.9. The molecule has 1 aliphatic heterocycles. The molecule has 0 bridgehead atoms. The van der Waals surface area contributed by atoms with Gasteiger partial charge in [0.2, 0.25) is 0 Å². The van der Waals surface area contributed by atoms with Crippen molar-refractivity contribution >= 4 is 11.4 Å². The standard InChI is InChI=1S/C20H28FN3O2/c1-6-24(15(2)7-8-21)16(3)19-13-18(23-9-11-26-12-10-23)14-22-20(19)17(4)25-5/h7-8,13-14,17H,2-3,6,9-12H2,1,4-5H3/b8-7+/t17-/m0/s1. The fourth-order valence-electron chi connectivity index (χ4n) is 3.00. The molecule has 0 aromatic carbocycles. The van der Waals surface area contributed by atoms with Gasteiger partial charge in [-0.3, -0.25) is 4.98 Å². The second-order valence-electron chi connectivity index (χ2n) is 6.08. The summed E-state index contributed by atoms with van der Waals surface area (Å²) in [5, 5.41) is 0. The molecule has 0 aliphatic carbocycles. The van der Waals surface area contributed by atoms with Crippen LogP contribution in [0.1, 0.15) is 31.2 Å². The van der Waals surface area contributed by atoms with E-state index in [1.807, 2.05) is 24.9 Å². The number of morpholine rings is 1. The van der Waals surface area contributed by atoms with E-state index in [1.165, 1.54) is 6.08 Å². The number of nitrogens with zero attached hydrogens (tertiary/aromatic N) is 3. The van der Waals surface area contributed by atoms with Crippen molar-refractivity contribution in [3.8, 4) is 0 Å². The largest absolute Gasteiger partial charge is 0.378 e. The molecule has 1 aromatic rings. The van der Waals surface area contributed by atoms with E-state index in [1.54, 1.807) is 7.11 Å². The van der Waals surface area contributed by atoms with Crippen molar-refractivity contribution in [2.24, 2.45) is 0 Å². The lowest BCUT2D eigenvalue weighted by molar-refractivity contribution is 0.115. The predicted molar refractivity (Wildman–Crippen MR) is 103 cm³/mol. The van der Waals surface area contributed by atoms with Crippen LogP contribution in [0, 0.1) is 0 Å². The zero-order chi connectivity index (χ0) is 19.1. The van der Waals surface area contributed by atoms with Crippen molar-refractivity contribution in [1.82, 2.24) is 9.88 Å². The molecular formula is C20H28FN3O2. The van der Waals surface area contributed by atoms with Crippen molar-refractivity contribution < 1.29 is 13.9 Å². The van der Waals surface area contributed by atoms with Gasteiger partial charge in [0.1, 0.15) is 0 Å². The third-order valence-corrected chi connectivity index (χ3v) is 4.57. The number of aromatic nitrogens is 1. The molecule has 1 saturated heterocycles. The zero-order valence-corrected chi connectivity index (χ0v) is 15.9. The summed E-state index contributed by atoms with van der Waals surface area (Å²) in [6.45, 7) is 15.7. The van der Waals surface area contributed by atoms with Crippen molar-refractivity contribution in [3.63, 3.8) is 0 Å². The molecule has 142 valence electrons. The number of likely N-dealkylation sites (N-methyl/N-ethyl adjacent to an activating group) is 1. The molecule has 0 saturated carbocycles. The predicted octanol–water partition coefficient (Wildman–Crippen LogP) is 3.92. The van der Waals surface area contributed by atoms with E-state index in [0.717, 1.165) is 35.7 Å². The number of rotatable bonds is 8. The highest BCUT2D eigenvalue weighted by Gasteiger charge is 2.21. The maximum atomic E-state index is 12.6. The van der Waals surface area contributed by atoms with Crippen LogP contribution < -0.4 is 4.90 Å². The fraction of sp³-hybridized carbons (Fsp3) is 0.450. The van der Waals surface area contributed by atoms with Crippen molar-refractivity contribution in [2.75, 3.05) is 44.9 Å². The van der Waals surface area contributed by atoms with Crippen LogP contribution in [0.5, 0.6) is 0 Å². The Balaban J connectivity index is 2.43. The van der Waals surface area contributed by atoms with E-state index in [0.29, 0.717) is 31.8 Å². The molecule has 1 aromatic heterocycles. The van der Waals surface area contributed by atoms with Crippen LogP contribution in [-0.4, -0.2) is 49.8 Å². The van der Waals surface area contributed by atoms with E-state index in [2.05, 4.69) is 29.1 Å². The number of methoxy groups -OCH3 is 1. The smallest absolute Gasteiger partial charge is 0.0969 e. The van der Waals surface area contributed by atoms with Crippen molar-refractivity contribution in [2.45, 2.75) is 20.0 Å². The summed E-state index contributed by atoms with van der Waals surface area (Å²) in [5.74, 6) is 0. The Morgan fingerprint density at radius 3 is 2.73 bits per heavy atom. The van der Waals surface area contributed by atoms with Crippen LogP contribution in [0.15, 0.2) is 43.5 Å². The molecule has 0 unspecified atom stereocenters. The minimum atomic E-state index is -0.191. The summed E-state index contributed by atoms with van der Waals surface area (Å²) >= 11 is 0. The van der Waals surface area contributed by atoms with Gasteiger partial charge in [0.15, 0.2) is 0 Å². The molecule has 1 aliphatic rings. The molecule has 26 heavy (non-hydrogen) atoms. The van der Waals surface area contributed by atoms with Crippen LogP contribution in [-0.2, 0) is 9.47 Å². The Bertz CT molecular complexity index is 669. The number of halogens is 1. The third-order valence-electron chi connectivity index (χ3n) is 4.57. The van der Waals surface area contributed by atoms with Gasteiger partial charge in [0.05, 0.1) is 43.2 Å². The van der Waals surface area contributed by atoms with Crippen LogP contribution in [0.2, 0.25) is 0 Å². The van der Waals surface area contributed by atoms with Gasteiger partial charge in [0.25, 0.3) is 0 Å². The molecule has 2 heterocycles. The van der Waals surface area contributed by atoms with E-state index in [-0.39, 0.29) is 6.10 Å². The van der Waals surface area contributed by atoms with Gasteiger partial charge in [-0.25, -0.2) is 4.39 Å². The number of hydrogen-bond acceptors (Lipinski definition) is 5. The van der Waals surface area contributed by atoms with Gasteiger partial charge >= 0.3 is 0 Å². The minimum absolute atomic E-state index is 0.191. The van der Waals surface area contributed by atoms with Gasteiger partial charge in [-0.05, 0) is 26.0 Å². The first-order valence-electron chi connectivity index (χ1n) is 8.81. The highest BCUT2D eigenvalue weighted by atomic mass is 19.1.